The van der Waals surface area contributed by atoms with E-state index in [0.717, 1.165) is 0 Å². The first kappa shape index (κ1) is 10.5. The van der Waals surface area contributed by atoms with Crippen molar-refractivity contribution in [3.05, 3.63) is 29.8 Å². The van der Waals surface area contributed by atoms with Gasteiger partial charge in [-0.15, -0.1) is 0 Å². The van der Waals surface area contributed by atoms with Gasteiger partial charge in [0, 0.05) is 0 Å². The first-order valence-electron chi connectivity index (χ1n) is 3.93. The van der Waals surface area contributed by atoms with E-state index in [9.17, 15) is 9.18 Å². The number of nitrogens with two attached hydrogens (primary N) is 1. The number of hydrogen-bond donors (Lipinski definition) is 3. The highest BCUT2D eigenvalue weighted by Gasteiger charge is 2.25. The zero-order chi connectivity index (χ0) is 10.7. The standard InChI is InChI=1S/C9H10FNO3/c10-7(8(11)9(13)14)5-1-3-6(12)4-2-5/h1-4,7-8,12H,11H2,(H,13,14)/t7?,8-/m0/s1. The highest BCUT2D eigenvalue weighted by molar-refractivity contribution is 5.74. The van der Waals surface area contributed by atoms with Crippen LogP contribution in [0.2, 0.25) is 0 Å². The topological polar surface area (TPSA) is 83.6 Å². The zero-order valence-corrected chi connectivity index (χ0v) is 7.22. The Kier molecular flexibility index (Phi) is 3.03. The van der Waals surface area contributed by atoms with Crippen molar-refractivity contribution in [2.45, 2.75) is 12.2 Å². The summed E-state index contributed by atoms with van der Waals surface area (Å²) >= 11 is 0. The summed E-state index contributed by atoms with van der Waals surface area (Å²) in [6, 6.07) is 3.55. The average molecular weight is 199 g/mol. The minimum Gasteiger partial charge on any atom is -0.508 e. The van der Waals surface area contributed by atoms with Crippen LogP contribution in [0.15, 0.2) is 24.3 Å². The van der Waals surface area contributed by atoms with Crippen LogP contribution >= 0.6 is 0 Å². The van der Waals surface area contributed by atoms with Crippen LogP contribution in [0.4, 0.5) is 4.39 Å². The Bertz CT molecular complexity index is 325. The molecule has 0 aromatic heterocycles. The molecule has 0 bridgehead atoms. The van der Waals surface area contributed by atoms with Gasteiger partial charge in [-0.2, -0.15) is 0 Å². The number of halogens is 1. The van der Waals surface area contributed by atoms with Gasteiger partial charge in [-0.1, -0.05) is 12.1 Å². The molecule has 1 unspecified atom stereocenters. The third-order valence-electron chi connectivity index (χ3n) is 1.81. The smallest absolute Gasteiger partial charge is 0.323 e. The van der Waals surface area contributed by atoms with E-state index in [1.807, 2.05) is 0 Å². The van der Waals surface area contributed by atoms with Crippen LogP contribution in [-0.4, -0.2) is 22.2 Å². The molecule has 0 aliphatic carbocycles. The van der Waals surface area contributed by atoms with Gasteiger partial charge in [0.2, 0.25) is 0 Å². The quantitative estimate of drug-likeness (QED) is 0.672. The van der Waals surface area contributed by atoms with Crippen molar-refractivity contribution in [2.75, 3.05) is 0 Å². The highest BCUT2D eigenvalue weighted by Crippen LogP contribution is 2.22. The van der Waals surface area contributed by atoms with Crippen LogP contribution in [0, 0.1) is 0 Å². The number of hydrogen-bond acceptors (Lipinski definition) is 3. The van der Waals surface area contributed by atoms with Crippen LogP contribution in [-0.2, 0) is 4.79 Å². The molecule has 14 heavy (non-hydrogen) atoms. The first-order chi connectivity index (χ1) is 6.52. The fourth-order valence-corrected chi connectivity index (χ4v) is 0.991. The van der Waals surface area contributed by atoms with Crippen LogP contribution in [0.1, 0.15) is 11.7 Å². The van der Waals surface area contributed by atoms with Gasteiger partial charge in [0.25, 0.3) is 0 Å². The molecule has 2 atom stereocenters. The maximum atomic E-state index is 13.3. The average Bonchev–Trinajstić information content (AvgIpc) is 2.16. The lowest BCUT2D eigenvalue weighted by Crippen LogP contribution is -2.34. The SMILES string of the molecule is N[C@H](C(=O)O)C(F)c1ccc(O)cc1. The van der Waals surface area contributed by atoms with E-state index in [1.54, 1.807) is 0 Å². The van der Waals surface area contributed by atoms with Crippen molar-refractivity contribution in [1.82, 2.24) is 0 Å². The van der Waals surface area contributed by atoms with E-state index in [2.05, 4.69) is 0 Å². The fraction of sp³-hybridized carbons (Fsp3) is 0.222. The molecule has 5 heteroatoms. The number of aliphatic carboxylic acids is 1. The molecule has 1 aromatic carbocycles. The molecule has 1 rings (SSSR count). The molecule has 4 N–H and O–H groups in total. The third-order valence-corrected chi connectivity index (χ3v) is 1.81. The second kappa shape index (κ2) is 4.06. The van der Waals surface area contributed by atoms with Gasteiger partial charge in [-0.25, -0.2) is 4.39 Å². The molecule has 4 nitrogen and oxygen atoms in total. The lowest BCUT2D eigenvalue weighted by molar-refractivity contribution is -0.140. The number of carboxylic acids is 1. The second-order valence-electron chi connectivity index (χ2n) is 2.86. The monoisotopic (exact) mass is 199 g/mol. The summed E-state index contributed by atoms with van der Waals surface area (Å²) in [5, 5.41) is 17.4. The summed E-state index contributed by atoms with van der Waals surface area (Å²) in [4.78, 5) is 10.4. The Morgan fingerprint density at radius 1 is 1.36 bits per heavy atom. The minimum atomic E-state index is -1.77. The molecule has 0 spiro atoms. The zero-order valence-electron chi connectivity index (χ0n) is 7.22. The normalized spacial score (nSPS) is 14.7. The van der Waals surface area contributed by atoms with Gasteiger partial charge in [0.1, 0.15) is 11.8 Å². The number of carbonyl (C=O) groups is 1. The molecule has 0 heterocycles. The Hall–Kier alpha value is -1.62. The van der Waals surface area contributed by atoms with Crippen LogP contribution in [0.25, 0.3) is 0 Å². The molecule has 0 radical (unpaired) electrons. The molecule has 0 amide bonds. The molecule has 0 aliphatic heterocycles. The highest BCUT2D eigenvalue weighted by atomic mass is 19.1. The molecule has 1 aromatic rings. The largest absolute Gasteiger partial charge is 0.508 e. The second-order valence-corrected chi connectivity index (χ2v) is 2.86. The summed E-state index contributed by atoms with van der Waals surface area (Å²) in [7, 11) is 0. The van der Waals surface area contributed by atoms with E-state index in [4.69, 9.17) is 15.9 Å². The van der Waals surface area contributed by atoms with Crippen molar-refractivity contribution >= 4 is 5.97 Å². The lowest BCUT2D eigenvalue weighted by Gasteiger charge is -2.12. The van der Waals surface area contributed by atoms with Crippen LogP contribution in [0.5, 0.6) is 5.75 Å². The predicted octanol–water partition coefficient (Wildman–Crippen LogP) is 0.815. The van der Waals surface area contributed by atoms with E-state index >= 15 is 0 Å². The van der Waals surface area contributed by atoms with Crippen molar-refractivity contribution in [3.63, 3.8) is 0 Å². The number of aromatic hydroxyl groups is 1. The molecule has 0 saturated heterocycles. The predicted molar refractivity (Wildman–Crippen MR) is 47.6 cm³/mol. The van der Waals surface area contributed by atoms with E-state index in [1.165, 1.54) is 24.3 Å². The van der Waals surface area contributed by atoms with Gasteiger partial charge >= 0.3 is 5.97 Å². The molecule has 0 fully saturated rings. The Morgan fingerprint density at radius 2 is 1.86 bits per heavy atom. The fourth-order valence-electron chi connectivity index (χ4n) is 0.991. The Balaban J connectivity index is 2.84. The van der Waals surface area contributed by atoms with E-state index in [0.29, 0.717) is 0 Å². The summed E-state index contributed by atoms with van der Waals surface area (Å²) in [6.45, 7) is 0. The van der Waals surface area contributed by atoms with Gasteiger partial charge in [-0.3, -0.25) is 4.79 Å². The number of rotatable bonds is 3. The first-order valence-corrected chi connectivity index (χ1v) is 3.93. The number of carboxylic acid groups (broad SMARTS) is 1. The third kappa shape index (κ3) is 2.20. The van der Waals surface area contributed by atoms with E-state index in [-0.39, 0.29) is 11.3 Å². The van der Waals surface area contributed by atoms with Crippen molar-refractivity contribution < 1.29 is 19.4 Å². The van der Waals surface area contributed by atoms with Gasteiger partial charge < -0.3 is 15.9 Å². The van der Waals surface area contributed by atoms with Crippen molar-refractivity contribution in [3.8, 4) is 5.75 Å². The summed E-state index contributed by atoms with van der Waals surface area (Å²) in [5.74, 6) is -1.41. The van der Waals surface area contributed by atoms with Crippen molar-refractivity contribution in [2.24, 2.45) is 5.73 Å². The number of benzene rings is 1. The summed E-state index contributed by atoms with van der Waals surface area (Å²) in [6.07, 6.45) is -1.77. The molecule has 76 valence electrons. The molecular formula is C9H10FNO3. The van der Waals surface area contributed by atoms with Crippen LogP contribution < -0.4 is 5.73 Å². The number of phenolic OH excluding ortho intramolecular Hbond substituents is 1. The molecule has 0 saturated carbocycles. The van der Waals surface area contributed by atoms with Gasteiger partial charge in [-0.05, 0) is 17.7 Å². The maximum absolute atomic E-state index is 13.3. The molecule has 0 aliphatic rings. The molecular weight excluding hydrogens is 189 g/mol. The maximum Gasteiger partial charge on any atom is 0.323 e. The summed E-state index contributed by atoms with van der Waals surface area (Å²) in [5.41, 5.74) is 5.23. The number of alkyl halides is 1. The summed E-state index contributed by atoms with van der Waals surface area (Å²) < 4.78 is 13.3. The number of phenols is 1. The van der Waals surface area contributed by atoms with Crippen molar-refractivity contribution in [1.29, 1.82) is 0 Å². The van der Waals surface area contributed by atoms with Gasteiger partial charge in [0.15, 0.2) is 6.17 Å². The van der Waals surface area contributed by atoms with E-state index < -0.39 is 18.2 Å². The van der Waals surface area contributed by atoms with Gasteiger partial charge in [0.05, 0.1) is 0 Å². The lowest BCUT2D eigenvalue weighted by atomic mass is 10.0. The minimum absolute atomic E-state index is 0.00940. The Labute approximate surface area is 79.8 Å². The Morgan fingerprint density at radius 3 is 2.29 bits per heavy atom. The van der Waals surface area contributed by atoms with Crippen LogP contribution in [0.3, 0.4) is 0 Å².